The zero-order valence-electron chi connectivity index (χ0n) is 14.8. The van der Waals surface area contributed by atoms with Crippen molar-refractivity contribution >= 4 is 12.1 Å². The molecule has 0 fully saturated rings. The fourth-order valence-electron chi connectivity index (χ4n) is 2.07. The number of carbonyl (C=O) groups is 1. The van der Waals surface area contributed by atoms with Gasteiger partial charge in [0.15, 0.2) is 6.61 Å². The van der Waals surface area contributed by atoms with E-state index in [-0.39, 0.29) is 12.5 Å². The van der Waals surface area contributed by atoms with Crippen LogP contribution in [0, 0.1) is 13.8 Å². The van der Waals surface area contributed by atoms with Crippen LogP contribution in [-0.2, 0) is 4.79 Å². The first-order valence-corrected chi connectivity index (χ1v) is 7.77. The number of aryl methyl sites for hydroxylation is 2. The summed E-state index contributed by atoms with van der Waals surface area (Å²) in [6, 6.07) is 11.0. The summed E-state index contributed by atoms with van der Waals surface area (Å²) in [4.78, 5) is 11.8. The van der Waals surface area contributed by atoms with E-state index in [4.69, 9.17) is 14.2 Å². The molecule has 1 amide bonds. The number of ether oxygens (including phenoxy) is 3. The maximum atomic E-state index is 11.8. The maximum Gasteiger partial charge on any atom is 0.277 e. The van der Waals surface area contributed by atoms with Crippen LogP contribution in [0.4, 0.5) is 0 Å². The van der Waals surface area contributed by atoms with Gasteiger partial charge >= 0.3 is 0 Å². The van der Waals surface area contributed by atoms with Gasteiger partial charge in [-0.15, -0.1) is 0 Å². The van der Waals surface area contributed by atoms with Gasteiger partial charge in [-0.2, -0.15) is 5.10 Å². The topological polar surface area (TPSA) is 69.2 Å². The van der Waals surface area contributed by atoms with Crippen LogP contribution >= 0.6 is 0 Å². The van der Waals surface area contributed by atoms with Crippen LogP contribution in [0.2, 0.25) is 0 Å². The molecule has 132 valence electrons. The molecule has 0 atom stereocenters. The molecule has 6 nitrogen and oxygen atoms in total. The van der Waals surface area contributed by atoms with Crippen molar-refractivity contribution in [2.45, 2.75) is 13.8 Å². The average Bonchev–Trinajstić information content (AvgIpc) is 2.62. The predicted octanol–water partition coefficient (Wildman–Crippen LogP) is 2.85. The predicted molar refractivity (Wildman–Crippen MR) is 96.7 cm³/mol. The van der Waals surface area contributed by atoms with Gasteiger partial charge in [0, 0.05) is 11.6 Å². The van der Waals surface area contributed by atoms with Crippen LogP contribution in [0.3, 0.4) is 0 Å². The minimum absolute atomic E-state index is 0.110. The Morgan fingerprint density at radius 3 is 2.28 bits per heavy atom. The summed E-state index contributed by atoms with van der Waals surface area (Å²) >= 11 is 0. The lowest BCUT2D eigenvalue weighted by Gasteiger charge is -2.07. The normalized spacial score (nSPS) is 10.6. The monoisotopic (exact) mass is 342 g/mol. The molecule has 0 saturated heterocycles. The van der Waals surface area contributed by atoms with Crippen molar-refractivity contribution in [1.82, 2.24) is 5.43 Å². The molecular weight excluding hydrogens is 320 g/mol. The molecule has 0 aromatic heterocycles. The van der Waals surface area contributed by atoms with Crippen molar-refractivity contribution in [3.05, 3.63) is 53.1 Å². The van der Waals surface area contributed by atoms with Crippen molar-refractivity contribution in [3.8, 4) is 17.2 Å². The molecule has 0 spiro atoms. The molecule has 25 heavy (non-hydrogen) atoms. The first-order chi connectivity index (χ1) is 12.0. The van der Waals surface area contributed by atoms with Crippen LogP contribution in [0.5, 0.6) is 17.2 Å². The molecule has 0 aliphatic heterocycles. The van der Waals surface area contributed by atoms with E-state index in [1.165, 1.54) is 11.8 Å². The van der Waals surface area contributed by atoms with Crippen LogP contribution in [0.25, 0.3) is 0 Å². The van der Waals surface area contributed by atoms with E-state index in [1.807, 2.05) is 32.0 Å². The molecule has 0 aliphatic rings. The average molecular weight is 342 g/mol. The molecule has 0 aliphatic carbocycles. The number of hydrogen-bond donors (Lipinski definition) is 1. The second kappa shape index (κ2) is 8.73. The lowest BCUT2D eigenvalue weighted by molar-refractivity contribution is -0.123. The molecule has 6 heteroatoms. The van der Waals surface area contributed by atoms with Gasteiger partial charge in [0.1, 0.15) is 17.2 Å². The molecule has 0 unspecified atom stereocenters. The maximum absolute atomic E-state index is 11.8. The Morgan fingerprint density at radius 1 is 1.00 bits per heavy atom. The summed E-state index contributed by atoms with van der Waals surface area (Å²) in [6.45, 7) is 3.91. The zero-order chi connectivity index (χ0) is 18.2. The molecular formula is C19H22N2O4. The highest BCUT2D eigenvalue weighted by Gasteiger charge is 2.03. The molecule has 2 aromatic carbocycles. The quantitative estimate of drug-likeness (QED) is 0.620. The molecule has 0 radical (unpaired) electrons. The van der Waals surface area contributed by atoms with Crippen molar-refractivity contribution < 1.29 is 19.0 Å². The third kappa shape index (κ3) is 5.53. The van der Waals surface area contributed by atoms with Gasteiger partial charge in [-0.05, 0) is 49.2 Å². The van der Waals surface area contributed by atoms with Crippen LogP contribution < -0.4 is 19.6 Å². The SMILES string of the molecule is COc1cc(/C=N\NC(=O)COc2ccc(C)c(C)c2)cc(OC)c1. The van der Waals surface area contributed by atoms with E-state index in [0.29, 0.717) is 17.2 Å². The number of carbonyl (C=O) groups excluding carboxylic acids is 1. The number of hydrazone groups is 1. The summed E-state index contributed by atoms with van der Waals surface area (Å²) in [6.07, 6.45) is 1.51. The highest BCUT2D eigenvalue weighted by Crippen LogP contribution is 2.21. The van der Waals surface area contributed by atoms with E-state index in [9.17, 15) is 4.79 Å². The van der Waals surface area contributed by atoms with Gasteiger partial charge in [-0.3, -0.25) is 4.79 Å². The van der Waals surface area contributed by atoms with E-state index in [1.54, 1.807) is 32.4 Å². The van der Waals surface area contributed by atoms with Crippen molar-refractivity contribution in [3.63, 3.8) is 0 Å². The number of amides is 1. The minimum Gasteiger partial charge on any atom is -0.497 e. The number of nitrogens with zero attached hydrogens (tertiary/aromatic N) is 1. The highest BCUT2D eigenvalue weighted by molar-refractivity contribution is 5.83. The van der Waals surface area contributed by atoms with Crippen LogP contribution in [-0.4, -0.2) is 32.9 Å². The fraction of sp³-hybridized carbons (Fsp3) is 0.263. The van der Waals surface area contributed by atoms with Gasteiger partial charge in [0.2, 0.25) is 0 Å². The largest absolute Gasteiger partial charge is 0.497 e. The standard InChI is InChI=1S/C19H22N2O4/c1-13-5-6-16(7-14(13)2)25-12-19(22)21-20-11-15-8-17(23-3)10-18(9-15)24-4/h5-11H,12H2,1-4H3,(H,21,22)/b20-11-. The van der Waals surface area contributed by atoms with E-state index in [0.717, 1.165) is 11.1 Å². The Bertz CT molecular complexity index is 750. The van der Waals surface area contributed by atoms with Crippen molar-refractivity contribution in [2.75, 3.05) is 20.8 Å². The second-order valence-electron chi connectivity index (χ2n) is 5.47. The molecule has 0 heterocycles. The number of nitrogens with one attached hydrogen (secondary N) is 1. The lowest BCUT2D eigenvalue weighted by atomic mass is 10.1. The minimum atomic E-state index is -0.343. The zero-order valence-corrected chi connectivity index (χ0v) is 14.8. The first-order valence-electron chi connectivity index (χ1n) is 7.77. The number of rotatable bonds is 7. The summed E-state index contributed by atoms with van der Waals surface area (Å²) in [5.41, 5.74) is 5.46. The summed E-state index contributed by atoms with van der Waals surface area (Å²) in [5.74, 6) is 1.60. The van der Waals surface area contributed by atoms with Gasteiger partial charge in [0.25, 0.3) is 5.91 Å². The Hall–Kier alpha value is -3.02. The van der Waals surface area contributed by atoms with E-state index in [2.05, 4.69) is 10.5 Å². The van der Waals surface area contributed by atoms with Crippen molar-refractivity contribution in [2.24, 2.45) is 5.10 Å². The molecule has 0 bridgehead atoms. The van der Waals surface area contributed by atoms with Gasteiger partial charge < -0.3 is 14.2 Å². The third-order valence-corrected chi connectivity index (χ3v) is 3.62. The Morgan fingerprint density at radius 2 is 1.68 bits per heavy atom. The first kappa shape index (κ1) is 18.3. The molecule has 0 saturated carbocycles. The lowest BCUT2D eigenvalue weighted by Crippen LogP contribution is -2.24. The van der Waals surface area contributed by atoms with Crippen molar-refractivity contribution in [1.29, 1.82) is 0 Å². The fourth-order valence-corrected chi connectivity index (χ4v) is 2.07. The number of methoxy groups -OCH3 is 2. The smallest absolute Gasteiger partial charge is 0.277 e. The second-order valence-corrected chi connectivity index (χ2v) is 5.47. The Labute approximate surface area is 147 Å². The molecule has 2 aromatic rings. The van der Waals surface area contributed by atoms with E-state index < -0.39 is 0 Å². The van der Waals surface area contributed by atoms with Gasteiger partial charge in [-0.1, -0.05) is 6.07 Å². The van der Waals surface area contributed by atoms with Crippen LogP contribution in [0.15, 0.2) is 41.5 Å². The number of hydrogen-bond acceptors (Lipinski definition) is 5. The Kier molecular flexibility index (Phi) is 6.39. The third-order valence-electron chi connectivity index (χ3n) is 3.62. The summed E-state index contributed by atoms with van der Waals surface area (Å²) in [7, 11) is 3.14. The summed E-state index contributed by atoms with van der Waals surface area (Å²) in [5, 5.41) is 3.92. The van der Waals surface area contributed by atoms with Crippen LogP contribution in [0.1, 0.15) is 16.7 Å². The van der Waals surface area contributed by atoms with E-state index >= 15 is 0 Å². The van der Waals surface area contributed by atoms with Gasteiger partial charge in [-0.25, -0.2) is 5.43 Å². The number of benzene rings is 2. The highest BCUT2D eigenvalue weighted by atomic mass is 16.5. The molecule has 2 rings (SSSR count). The van der Waals surface area contributed by atoms with Gasteiger partial charge in [0.05, 0.1) is 20.4 Å². The summed E-state index contributed by atoms with van der Waals surface area (Å²) < 4.78 is 15.8. The molecule has 1 N–H and O–H groups in total. The Balaban J connectivity index is 1.88.